The van der Waals surface area contributed by atoms with E-state index in [0.29, 0.717) is 30.6 Å². The highest BCUT2D eigenvalue weighted by atomic mass is 32.1. The number of carbonyl (C=O) groups is 3. The first-order valence-electron chi connectivity index (χ1n) is 13.3. The molecule has 0 aromatic heterocycles. The molecule has 2 aliphatic rings. The van der Waals surface area contributed by atoms with Gasteiger partial charge in [0.2, 0.25) is 0 Å². The van der Waals surface area contributed by atoms with Crippen LogP contribution < -0.4 is 10.6 Å². The van der Waals surface area contributed by atoms with Crippen LogP contribution in [-0.4, -0.2) is 46.5 Å². The molecule has 0 aromatic rings. The van der Waals surface area contributed by atoms with E-state index >= 15 is 0 Å². The zero-order valence-electron chi connectivity index (χ0n) is 21.3. The van der Waals surface area contributed by atoms with Crippen molar-refractivity contribution in [1.29, 1.82) is 0 Å². The van der Waals surface area contributed by atoms with E-state index in [0.717, 1.165) is 70.6 Å². The third-order valence-electron chi connectivity index (χ3n) is 7.54. The fraction of sp³-hybridized carbons (Fsp3) is 0.885. The number of nitrogens with one attached hydrogen (secondary N) is 2. The molecule has 2 amide bonds. The second kappa shape index (κ2) is 14.3. The minimum absolute atomic E-state index is 0.0961. The van der Waals surface area contributed by atoms with Crippen LogP contribution in [0.2, 0.25) is 0 Å². The van der Waals surface area contributed by atoms with Crippen LogP contribution in [0.4, 0.5) is 4.79 Å². The minimum atomic E-state index is -1.15. The van der Waals surface area contributed by atoms with Crippen molar-refractivity contribution in [2.75, 3.05) is 6.61 Å². The van der Waals surface area contributed by atoms with Crippen LogP contribution in [0.3, 0.4) is 0 Å². The van der Waals surface area contributed by atoms with Crippen LogP contribution in [0, 0.1) is 17.8 Å². The van der Waals surface area contributed by atoms with Gasteiger partial charge in [-0.2, -0.15) is 0 Å². The average Bonchev–Trinajstić information content (AvgIpc) is 2.78. The van der Waals surface area contributed by atoms with Crippen LogP contribution in [-0.2, 0) is 14.3 Å². The molecule has 0 aliphatic heterocycles. The predicted molar refractivity (Wildman–Crippen MR) is 137 cm³/mol. The standard InChI is InChI=1S/C26H46N2O5S/c1-18(2)23(29)7-5-4-6-16-33-26(3,34)24(30)27-21-12-8-19(9-13-21)17-20-10-14-22(15-11-20)28-25(31)32/h18-22,28,34H,4-17H2,1-3H3,(H,27,30)(H,31,32). The summed E-state index contributed by atoms with van der Waals surface area (Å²) >= 11 is 4.47. The van der Waals surface area contributed by atoms with Gasteiger partial charge in [0, 0.05) is 31.0 Å². The lowest BCUT2D eigenvalue weighted by molar-refractivity contribution is -0.135. The molecule has 7 nitrogen and oxygen atoms in total. The number of hydrogen-bond acceptors (Lipinski definition) is 5. The number of carboxylic acid groups (broad SMARTS) is 1. The molecule has 34 heavy (non-hydrogen) atoms. The molecular formula is C26H46N2O5S. The van der Waals surface area contributed by atoms with Crippen LogP contribution in [0.25, 0.3) is 0 Å². The van der Waals surface area contributed by atoms with Crippen LogP contribution in [0.15, 0.2) is 0 Å². The molecule has 0 heterocycles. The summed E-state index contributed by atoms with van der Waals surface area (Å²) in [6, 6.07) is 0.294. The summed E-state index contributed by atoms with van der Waals surface area (Å²) in [5, 5.41) is 14.6. The van der Waals surface area contributed by atoms with E-state index in [9.17, 15) is 14.4 Å². The summed E-state index contributed by atoms with van der Waals surface area (Å²) in [5.41, 5.74) is 0. The molecule has 1 atom stereocenters. The first-order chi connectivity index (χ1) is 16.1. The molecule has 2 aliphatic carbocycles. The van der Waals surface area contributed by atoms with Gasteiger partial charge in [-0.05, 0) is 89.4 Å². The highest BCUT2D eigenvalue weighted by Gasteiger charge is 2.33. The monoisotopic (exact) mass is 498 g/mol. The van der Waals surface area contributed by atoms with E-state index in [4.69, 9.17) is 9.84 Å². The van der Waals surface area contributed by atoms with Crippen LogP contribution in [0.1, 0.15) is 104 Å². The van der Waals surface area contributed by atoms with E-state index in [-0.39, 0.29) is 23.9 Å². The van der Waals surface area contributed by atoms with Crippen molar-refractivity contribution in [2.45, 2.75) is 121 Å². The van der Waals surface area contributed by atoms with Crippen molar-refractivity contribution >= 4 is 30.4 Å². The number of Topliss-reactive ketones (excluding diaryl/α,β-unsaturated/α-hetero) is 1. The fourth-order valence-corrected chi connectivity index (χ4v) is 5.41. The maximum Gasteiger partial charge on any atom is 0.404 e. The average molecular weight is 499 g/mol. The number of carbonyl (C=O) groups excluding carboxylic acids is 2. The van der Waals surface area contributed by atoms with Crippen LogP contribution >= 0.6 is 12.6 Å². The molecular weight excluding hydrogens is 452 g/mol. The van der Waals surface area contributed by atoms with Crippen molar-refractivity contribution in [1.82, 2.24) is 10.6 Å². The number of amides is 2. The maximum absolute atomic E-state index is 12.7. The molecule has 1 unspecified atom stereocenters. The molecule has 2 rings (SSSR count). The molecule has 0 saturated heterocycles. The number of unbranched alkanes of at least 4 members (excludes halogenated alkanes) is 2. The molecule has 8 heteroatoms. The number of hydrogen-bond donors (Lipinski definition) is 4. The second-order valence-corrected chi connectivity index (χ2v) is 11.7. The zero-order chi connectivity index (χ0) is 25.1. The van der Waals surface area contributed by atoms with Crippen molar-refractivity contribution in [3.05, 3.63) is 0 Å². The SMILES string of the molecule is CC(C)C(=O)CCCCCOC(C)(S)C(=O)NC1CCC(CC2CCC(NC(=O)O)CC2)CC1. The first kappa shape index (κ1) is 29.0. The predicted octanol–water partition coefficient (Wildman–Crippen LogP) is 5.33. The van der Waals surface area contributed by atoms with Gasteiger partial charge in [0.25, 0.3) is 5.91 Å². The van der Waals surface area contributed by atoms with E-state index in [1.165, 1.54) is 6.42 Å². The van der Waals surface area contributed by atoms with Gasteiger partial charge in [-0.3, -0.25) is 9.59 Å². The van der Waals surface area contributed by atoms with Gasteiger partial charge in [-0.15, -0.1) is 12.6 Å². The fourth-order valence-electron chi connectivity index (χ4n) is 5.25. The lowest BCUT2D eigenvalue weighted by atomic mass is 9.75. The van der Waals surface area contributed by atoms with Gasteiger partial charge in [-0.1, -0.05) is 20.3 Å². The van der Waals surface area contributed by atoms with E-state index in [1.54, 1.807) is 6.92 Å². The quantitative estimate of drug-likeness (QED) is 0.156. The van der Waals surface area contributed by atoms with Crippen molar-refractivity contribution < 1.29 is 24.2 Å². The van der Waals surface area contributed by atoms with Crippen molar-refractivity contribution in [2.24, 2.45) is 17.8 Å². The number of ketones is 1. The van der Waals surface area contributed by atoms with Gasteiger partial charge >= 0.3 is 6.09 Å². The lowest BCUT2D eigenvalue weighted by Crippen LogP contribution is -2.48. The van der Waals surface area contributed by atoms with E-state index in [2.05, 4.69) is 23.3 Å². The number of thiol groups is 1. The summed E-state index contributed by atoms with van der Waals surface area (Å²) in [7, 11) is 0. The van der Waals surface area contributed by atoms with Crippen LogP contribution in [0.5, 0.6) is 0 Å². The largest absolute Gasteiger partial charge is 0.465 e. The highest BCUT2D eigenvalue weighted by Crippen LogP contribution is 2.35. The highest BCUT2D eigenvalue weighted by molar-refractivity contribution is 7.82. The van der Waals surface area contributed by atoms with E-state index < -0.39 is 11.0 Å². The Hall–Kier alpha value is -1.28. The van der Waals surface area contributed by atoms with Crippen molar-refractivity contribution in [3.63, 3.8) is 0 Å². The summed E-state index contributed by atoms with van der Waals surface area (Å²) < 4.78 is 5.77. The molecule has 0 aromatic carbocycles. The molecule has 0 bridgehead atoms. The zero-order valence-corrected chi connectivity index (χ0v) is 22.2. The Kier molecular flexibility index (Phi) is 12.2. The molecule has 0 spiro atoms. The second-order valence-electron chi connectivity index (χ2n) is 10.9. The number of ether oxygens (including phenoxy) is 1. The van der Waals surface area contributed by atoms with Gasteiger partial charge < -0.3 is 20.5 Å². The Morgan fingerprint density at radius 1 is 0.912 bits per heavy atom. The molecule has 2 fully saturated rings. The Labute approximate surface area is 210 Å². The maximum atomic E-state index is 12.7. The lowest BCUT2D eigenvalue weighted by Gasteiger charge is -2.35. The van der Waals surface area contributed by atoms with E-state index in [1.807, 2.05) is 13.8 Å². The molecule has 2 saturated carbocycles. The smallest absolute Gasteiger partial charge is 0.404 e. The Balaban J connectivity index is 1.58. The normalized spacial score (nSPS) is 27.1. The number of rotatable bonds is 13. The summed E-state index contributed by atoms with van der Waals surface area (Å²) in [5.74, 6) is 1.62. The Morgan fingerprint density at radius 3 is 1.94 bits per heavy atom. The van der Waals surface area contributed by atoms with Crippen molar-refractivity contribution in [3.8, 4) is 0 Å². The molecule has 196 valence electrons. The topological polar surface area (TPSA) is 105 Å². The Bertz CT molecular complexity index is 654. The van der Waals surface area contributed by atoms with Gasteiger partial charge in [0.05, 0.1) is 0 Å². The summed E-state index contributed by atoms with van der Waals surface area (Å²) in [6.45, 7) is 6.02. The molecule has 0 radical (unpaired) electrons. The third kappa shape index (κ3) is 10.5. The van der Waals surface area contributed by atoms with Gasteiger partial charge in [0.15, 0.2) is 4.93 Å². The molecule has 3 N–H and O–H groups in total. The first-order valence-corrected chi connectivity index (χ1v) is 13.7. The van der Waals surface area contributed by atoms with Gasteiger partial charge in [0.1, 0.15) is 5.78 Å². The summed E-state index contributed by atoms with van der Waals surface area (Å²) in [4.78, 5) is 34.0. The Morgan fingerprint density at radius 2 is 1.44 bits per heavy atom. The third-order valence-corrected chi connectivity index (χ3v) is 7.87. The summed E-state index contributed by atoms with van der Waals surface area (Å²) in [6.07, 6.45) is 11.8. The minimum Gasteiger partial charge on any atom is -0.465 e. The van der Waals surface area contributed by atoms with Gasteiger partial charge in [-0.25, -0.2) is 4.79 Å².